The van der Waals surface area contributed by atoms with Crippen LogP contribution in [0.4, 0.5) is 5.69 Å². The Labute approximate surface area is 122 Å². The summed E-state index contributed by atoms with van der Waals surface area (Å²) in [6.45, 7) is 7.38. The molecule has 0 radical (unpaired) electrons. The molecule has 1 atom stereocenters. The number of rotatable bonds is 4. The Balaban J connectivity index is 1.90. The number of nitrogens with zero attached hydrogens (tertiary/aromatic N) is 2. The summed E-state index contributed by atoms with van der Waals surface area (Å²) in [5, 5.41) is 3.16. The molecular weight excluding hydrogens is 248 g/mol. The number of hydrogen-bond acceptors (Lipinski definition) is 2. The molecule has 0 saturated carbocycles. The molecule has 4 nitrogen and oxygen atoms in total. The van der Waals surface area contributed by atoms with Gasteiger partial charge in [0.25, 0.3) is 0 Å². The van der Waals surface area contributed by atoms with Gasteiger partial charge in [-0.2, -0.15) is 0 Å². The van der Waals surface area contributed by atoms with Gasteiger partial charge in [-0.1, -0.05) is 25.5 Å². The molecule has 1 aromatic rings. The molecule has 0 aliphatic carbocycles. The first kappa shape index (κ1) is 14.9. The fraction of sp³-hybridized carbons (Fsp3) is 0.562. The van der Waals surface area contributed by atoms with Gasteiger partial charge in [-0.3, -0.25) is 9.89 Å². The lowest BCUT2D eigenvalue weighted by atomic mass is 10.0. The van der Waals surface area contributed by atoms with Crippen LogP contribution in [0.5, 0.6) is 0 Å². The molecule has 0 spiro atoms. The second-order valence-corrected chi connectivity index (χ2v) is 5.50. The van der Waals surface area contributed by atoms with Crippen molar-refractivity contribution in [3.8, 4) is 0 Å². The predicted molar refractivity (Wildman–Crippen MR) is 86.2 cm³/mol. The Hall–Kier alpha value is -1.55. The van der Waals surface area contributed by atoms with Gasteiger partial charge in [0.1, 0.15) is 0 Å². The number of piperidine rings is 1. The van der Waals surface area contributed by atoms with Crippen LogP contribution in [0.2, 0.25) is 0 Å². The summed E-state index contributed by atoms with van der Waals surface area (Å²) in [5.41, 5.74) is 8.20. The monoisotopic (exact) mass is 274 g/mol. The van der Waals surface area contributed by atoms with Crippen LogP contribution < -0.4 is 11.1 Å². The summed E-state index contributed by atoms with van der Waals surface area (Å²) in [4.78, 5) is 7.02. The fourth-order valence-corrected chi connectivity index (χ4v) is 2.80. The summed E-state index contributed by atoms with van der Waals surface area (Å²) in [6.07, 6.45) is 3.85. The second kappa shape index (κ2) is 7.29. The van der Waals surface area contributed by atoms with Gasteiger partial charge < -0.3 is 11.1 Å². The second-order valence-electron chi connectivity index (χ2n) is 5.50. The van der Waals surface area contributed by atoms with Crippen molar-refractivity contribution in [2.75, 3.05) is 25.0 Å². The van der Waals surface area contributed by atoms with Crippen molar-refractivity contribution in [2.45, 2.75) is 39.2 Å². The van der Waals surface area contributed by atoms with Crippen molar-refractivity contribution < 1.29 is 0 Å². The zero-order chi connectivity index (χ0) is 14.4. The molecule has 1 aliphatic rings. The molecule has 3 N–H and O–H groups in total. The minimum Gasteiger partial charge on any atom is -0.370 e. The van der Waals surface area contributed by atoms with E-state index in [1.807, 2.05) is 12.1 Å². The highest BCUT2D eigenvalue weighted by Crippen LogP contribution is 2.16. The molecule has 1 unspecified atom stereocenters. The number of aliphatic imine (C=N–C) groups is 1. The molecule has 20 heavy (non-hydrogen) atoms. The summed E-state index contributed by atoms with van der Waals surface area (Å²) >= 11 is 0. The predicted octanol–water partition coefficient (Wildman–Crippen LogP) is 2.60. The number of hydrogen-bond donors (Lipinski definition) is 2. The van der Waals surface area contributed by atoms with Crippen LogP contribution in [-0.4, -0.2) is 36.5 Å². The minimum atomic E-state index is 0.511. The average Bonchev–Trinajstić information content (AvgIpc) is 2.45. The van der Waals surface area contributed by atoms with Crippen LogP contribution in [0.25, 0.3) is 0 Å². The SMILES string of the molecule is CCN1CCCCC1CN=C(N)Nc1cccc(C)c1. The van der Waals surface area contributed by atoms with E-state index in [-0.39, 0.29) is 0 Å². The Morgan fingerprint density at radius 3 is 3.05 bits per heavy atom. The number of aryl methyl sites for hydroxylation is 1. The number of likely N-dealkylation sites (tertiary alicyclic amines) is 1. The van der Waals surface area contributed by atoms with Gasteiger partial charge in [-0.05, 0) is 50.6 Å². The van der Waals surface area contributed by atoms with Crippen LogP contribution in [0.3, 0.4) is 0 Å². The summed E-state index contributed by atoms with van der Waals surface area (Å²) in [7, 11) is 0. The summed E-state index contributed by atoms with van der Waals surface area (Å²) < 4.78 is 0. The third-order valence-corrected chi connectivity index (χ3v) is 3.92. The molecule has 0 aromatic heterocycles. The Bertz CT molecular complexity index is 456. The molecule has 2 rings (SSSR count). The van der Waals surface area contributed by atoms with Crippen LogP contribution in [0.1, 0.15) is 31.7 Å². The van der Waals surface area contributed by atoms with Gasteiger partial charge in [0.2, 0.25) is 0 Å². The number of likely N-dealkylation sites (N-methyl/N-ethyl adjacent to an activating group) is 1. The molecule has 4 heteroatoms. The number of nitrogens with one attached hydrogen (secondary N) is 1. The zero-order valence-corrected chi connectivity index (χ0v) is 12.6. The summed E-state index contributed by atoms with van der Waals surface area (Å²) in [5.74, 6) is 0.511. The maximum atomic E-state index is 5.98. The Morgan fingerprint density at radius 1 is 1.45 bits per heavy atom. The highest BCUT2D eigenvalue weighted by molar-refractivity contribution is 5.92. The average molecular weight is 274 g/mol. The molecule has 1 fully saturated rings. The van der Waals surface area contributed by atoms with Gasteiger partial charge in [0, 0.05) is 11.7 Å². The van der Waals surface area contributed by atoms with E-state index in [9.17, 15) is 0 Å². The third-order valence-electron chi connectivity index (χ3n) is 3.92. The zero-order valence-electron chi connectivity index (χ0n) is 12.6. The number of guanidine groups is 1. The molecule has 1 heterocycles. The van der Waals surface area contributed by atoms with Gasteiger partial charge in [-0.25, -0.2) is 0 Å². The van der Waals surface area contributed by atoms with Crippen molar-refractivity contribution in [3.63, 3.8) is 0 Å². The molecule has 1 saturated heterocycles. The van der Waals surface area contributed by atoms with Crippen molar-refractivity contribution in [2.24, 2.45) is 10.7 Å². The third kappa shape index (κ3) is 4.23. The lowest BCUT2D eigenvalue weighted by Crippen LogP contribution is -2.41. The van der Waals surface area contributed by atoms with E-state index < -0.39 is 0 Å². The normalized spacial score (nSPS) is 20.9. The van der Waals surface area contributed by atoms with E-state index in [1.54, 1.807) is 0 Å². The van der Waals surface area contributed by atoms with E-state index in [4.69, 9.17) is 5.73 Å². The van der Waals surface area contributed by atoms with Crippen molar-refractivity contribution in [1.29, 1.82) is 0 Å². The van der Waals surface area contributed by atoms with Gasteiger partial charge >= 0.3 is 0 Å². The van der Waals surface area contributed by atoms with Crippen molar-refractivity contribution >= 4 is 11.6 Å². The highest BCUT2D eigenvalue weighted by Gasteiger charge is 2.20. The van der Waals surface area contributed by atoms with Gasteiger partial charge in [0.05, 0.1) is 6.54 Å². The van der Waals surface area contributed by atoms with Crippen molar-refractivity contribution in [1.82, 2.24) is 4.90 Å². The van der Waals surface area contributed by atoms with Crippen LogP contribution in [0.15, 0.2) is 29.3 Å². The summed E-state index contributed by atoms with van der Waals surface area (Å²) in [6, 6.07) is 8.71. The van der Waals surface area contributed by atoms with E-state index in [2.05, 4.69) is 41.2 Å². The highest BCUT2D eigenvalue weighted by atomic mass is 15.2. The van der Waals surface area contributed by atoms with Crippen LogP contribution >= 0.6 is 0 Å². The van der Waals surface area contributed by atoms with E-state index in [0.29, 0.717) is 12.0 Å². The number of nitrogens with two attached hydrogens (primary N) is 1. The maximum absolute atomic E-state index is 5.98. The minimum absolute atomic E-state index is 0.511. The lowest BCUT2D eigenvalue weighted by Gasteiger charge is -2.33. The molecular formula is C16H26N4. The smallest absolute Gasteiger partial charge is 0.193 e. The first-order chi connectivity index (χ1) is 9.69. The standard InChI is InChI=1S/C16H26N4/c1-3-20-10-5-4-9-15(20)12-18-16(17)19-14-8-6-7-13(2)11-14/h6-8,11,15H,3-5,9-10,12H2,1-2H3,(H3,17,18,19). The fourth-order valence-electron chi connectivity index (χ4n) is 2.80. The molecule has 110 valence electrons. The molecule has 1 aliphatic heterocycles. The van der Waals surface area contributed by atoms with Crippen LogP contribution in [-0.2, 0) is 0 Å². The van der Waals surface area contributed by atoms with E-state index >= 15 is 0 Å². The molecule has 0 amide bonds. The first-order valence-corrected chi connectivity index (χ1v) is 7.56. The van der Waals surface area contributed by atoms with Gasteiger partial charge in [0.15, 0.2) is 5.96 Å². The van der Waals surface area contributed by atoms with E-state index in [0.717, 1.165) is 18.8 Å². The van der Waals surface area contributed by atoms with Crippen molar-refractivity contribution in [3.05, 3.63) is 29.8 Å². The van der Waals surface area contributed by atoms with Crippen LogP contribution in [0, 0.1) is 6.92 Å². The number of benzene rings is 1. The molecule has 0 bridgehead atoms. The lowest BCUT2D eigenvalue weighted by molar-refractivity contribution is 0.161. The Morgan fingerprint density at radius 2 is 2.30 bits per heavy atom. The quantitative estimate of drug-likeness (QED) is 0.655. The van der Waals surface area contributed by atoms with E-state index in [1.165, 1.54) is 31.4 Å². The largest absolute Gasteiger partial charge is 0.370 e. The number of anilines is 1. The molecule has 1 aromatic carbocycles. The maximum Gasteiger partial charge on any atom is 0.193 e. The van der Waals surface area contributed by atoms with Gasteiger partial charge in [-0.15, -0.1) is 0 Å². The Kier molecular flexibility index (Phi) is 5.41. The topological polar surface area (TPSA) is 53.6 Å². The first-order valence-electron chi connectivity index (χ1n) is 7.56.